The Hall–Kier alpha value is -3.22. The van der Waals surface area contributed by atoms with E-state index >= 15 is 0 Å². The second-order valence-electron chi connectivity index (χ2n) is 8.34. The van der Waals surface area contributed by atoms with Gasteiger partial charge < -0.3 is 14.8 Å². The molecular weight excluding hydrogens is 428 g/mol. The maximum Gasteiger partial charge on any atom is 0.407 e. The van der Waals surface area contributed by atoms with Crippen molar-refractivity contribution in [2.75, 3.05) is 0 Å². The number of fused-ring (bicyclic) bond motifs is 1. The molecule has 1 amide bonds. The number of carbonyl (C=O) groups excluding carboxylic acids is 2. The van der Waals surface area contributed by atoms with Crippen molar-refractivity contribution >= 4 is 17.9 Å². The van der Waals surface area contributed by atoms with Crippen molar-refractivity contribution in [3.05, 3.63) is 53.5 Å². The Bertz CT molecular complexity index is 1050. The third-order valence-electron chi connectivity index (χ3n) is 4.69. The number of alkyl carbamates (subject to hydrolysis) is 1. The van der Waals surface area contributed by atoms with Gasteiger partial charge in [0.15, 0.2) is 0 Å². The molecule has 0 aliphatic rings. The van der Waals surface area contributed by atoms with Gasteiger partial charge in [0.05, 0.1) is 11.2 Å². The smallest absolute Gasteiger partial charge is 0.407 e. The SMILES string of the molecule is CC.CC.Cc1cc(-c2ncnn3cc(CCCC=O)cc23)ccc1CNC(=O)OC(C)(C)C. The predicted molar refractivity (Wildman–Crippen MR) is 138 cm³/mol. The summed E-state index contributed by atoms with van der Waals surface area (Å²) in [6.07, 6.45) is 6.25. The van der Waals surface area contributed by atoms with E-state index in [0.29, 0.717) is 13.0 Å². The summed E-state index contributed by atoms with van der Waals surface area (Å²) in [6, 6.07) is 8.13. The topological polar surface area (TPSA) is 85.6 Å². The van der Waals surface area contributed by atoms with Gasteiger partial charge in [-0.15, -0.1) is 0 Å². The van der Waals surface area contributed by atoms with Gasteiger partial charge in [0.2, 0.25) is 0 Å². The van der Waals surface area contributed by atoms with Crippen molar-refractivity contribution in [3.8, 4) is 11.3 Å². The highest BCUT2D eigenvalue weighted by molar-refractivity contribution is 5.77. The second-order valence-corrected chi connectivity index (χ2v) is 8.34. The fraction of sp³-hybridized carbons (Fsp3) is 0.481. The number of carbonyl (C=O) groups is 2. The number of hydrogen-bond acceptors (Lipinski definition) is 5. The minimum atomic E-state index is -0.523. The molecule has 2 heterocycles. The van der Waals surface area contributed by atoms with Crippen molar-refractivity contribution in [1.29, 1.82) is 0 Å². The highest BCUT2D eigenvalue weighted by atomic mass is 16.6. The Morgan fingerprint density at radius 2 is 1.85 bits per heavy atom. The van der Waals surface area contributed by atoms with Crippen LogP contribution in [0.25, 0.3) is 16.8 Å². The van der Waals surface area contributed by atoms with Crippen LogP contribution in [0.3, 0.4) is 0 Å². The molecule has 0 fully saturated rings. The largest absolute Gasteiger partial charge is 0.444 e. The maximum absolute atomic E-state index is 11.9. The lowest BCUT2D eigenvalue weighted by Crippen LogP contribution is -2.32. The van der Waals surface area contributed by atoms with E-state index < -0.39 is 11.7 Å². The summed E-state index contributed by atoms with van der Waals surface area (Å²) in [4.78, 5) is 26.9. The number of aryl methyl sites for hydroxylation is 2. The molecule has 0 saturated heterocycles. The maximum atomic E-state index is 11.9. The van der Waals surface area contributed by atoms with Crippen LogP contribution < -0.4 is 5.32 Å². The number of rotatable bonds is 7. The zero-order valence-corrected chi connectivity index (χ0v) is 21.9. The van der Waals surface area contributed by atoms with Gasteiger partial charge in [-0.05, 0) is 69.4 Å². The molecule has 0 unspecified atom stereocenters. The molecule has 0 aliphatic carbocycles. The fourth-order valence-corrected chi connectivity index (χ4v) is 3.26. The standard InChI is InChI=1S/C23H28N4O3.2C2H6/c1-16-11-18(8-9-19(16)13-24-22(29)30-23(2,3)4)21-20-12-17(7-5-6-10-28)14-27(20)26-15-25-21;2*1-2/h8-12,14-15H,5-7,13H2,1-4H3,(H,24,29);2*1-2H3. The number of aromatic nitrogens is 3. The van der Waals surface area contributed by atoms with Gasteiger partial charge in [0.25, 0.3) is 0 Å². The summed E-state index contributed by atoms with van der Waals surface area (Å²) in [6.45, 7) is 15.9. The quantitative estimate of drug-likeness (QED) is 0.325. The summed E-state index contributed by atoms with van der Waals surface area (Å²) < 4.78 is 7.11. The van der Waals surface area contributed by atoms with Crippen LogP contribution in [0.1, 0.15) is 78.0 Å². The fourth-order valence-electron chi connectivity index (χ4n) is 3.26. The zero-order valence-electron chi connectivity index (χ0n) is 21.9. The van der Waals surface area contributed by atoms with Gasteiger partial charge in [-0.2, -0.15) is 5.10 Å². The van der Waals surface area contributed by atoms with Crippen LogP contribution in [0.15, 0.2) is 36.8 Å². The highest BCUT2D eigenvalue weighted by Crippen LogP contribution is 2.26. The number of nitrogens with one attached hydrogen (secondary N) is 1. The van der Waals surface area contributed by atoms with Crippen LogP contribution in [-0.4, -0.2) is 32.6 Å². The lowest BCUT2D eigenvalue weighted by Gasteiger charge is -2.20. The first-order valence-electron chi connectivity index (χ1n) is 12.1. The molecule has 0 aliphatic heterocycles. The minimum absolute atomic E-state index is 0.395. The van der Waals surface area contributed by atoms with Crippen LogP contribution in [0.5, 0.6) is 0 Å². The van der Waals surface area contributed by atoms with Crippen molar-refractivity contribution in [1.82, 2.24) is 19.9 Å². The summed E-state index contributed by atoms with van der Waals surface area (Å²) in [7, 11) is 0. The molecule has 3 rings (SSSR count). The Morgan fingerprint density at radius 1 is 1.15 bits per heavy atom. The third kappa shape index (κ3) is 8.61. The number of amides is 1. The van der Waals surface area contributed by atoms with Crippen molar-refractivity contribution < 1.29 is 14.3 Å². The zero-order chi connectivity index (χ0) is 25.7. The molecule has 34 heavy (non-hydrogen) atoms. The summed E-state index contributed by atoms with van der Waals surface area (Å²) in [5, 5.41) is 7.11. The van der Waals surface area contributed by atoms with E-state index in [4.69, 9.17) is 4.74 Å². The number of ether oxygens (including phenoxy) is 1. The number of aldehydes is 1. The molecule has 1 N–H and O–H groups in total. The van der Waals surface area contributed by atoms with Gasteiger partial charge >= 0.3 is 6.09 Å². The molecular formula is C27H40N4O3. The third-order valence-corrected chi connectivity index (χ3v) is 4.69. The van der Waals surface area contributed by atoms with E-state index in [1.807, 2.05) is 78.2 Å². The van der Waals surface area contributed by atoms with Crippen molar-refractivity contribution in [3.63, 3.8) is 0 Å². The monoisotopic (exact) mass is 468 g/mol. The van der Waals surface area contributed by atoms with E-state index in [2.05, 4.69) is 27.5 Å². The number of unbranched alkanes of at least 4 members (excludes halogenated alkanes) is 1. The summed E-state index contributed by atoms with van der Waals surface area (Å²) in [5.74, 6) is 0. The molecule has 3 aromatic rings. The highest BCUT2D eigenvalue weighted by Gasteiger charge is 2.16. The van der Waals surface area contributed by atoms with E-state index in [-0.39, 0.29) is 0 Å². The molecule has 0 saturated carbocycles. The van der Waals surface area contributed by atoms with Crippen LogP contribution in [0.4, 0.5) is 4.79 Å². The van der Waals surface area contributed by atoms with Gasteiger partial charge in [-0.25, -0.2) is 14.3 Å². The number of hydrogen-bond donors (Lipinski definition) is 1. The minimum Gasteiger partial charge on any atom is -0.444 e. The van der Waals surface area contributed by atoms with Gasteiger partial charge in [0.1, 0.15) is 18.2 Å². The molecule has 0 radical (unpaired) electrons. The first-order valence-corrected chi connectivity index (χ1v) is 12.1. The molecule has 1 aromatic carbocycles. The summed E-state index contributed by atoms with van der Waals surface area (Å²) >= 11 is 0. The van der Waals surface area contributed by atoms with Gasteiger partial charge in [0, 0.05) is 24.7 Å². The van der Waals surface area contributed by atoms with Crippen molar-refractivity contribution in [2.24, 2.45) is 0 Å². The molecule has 7 nitrogen and oxygen atoms in total. The average Bonchev–Trinajstić information content (AvgIpc) is 3.23. The molecule has 186 valence electrons. The lowest BCUT2D eigenvalue weighted by atomic mass is 10.0. The van der Waals surface area contributed by atoms with Gasteiger partial charge in [-0.1, -0.05) is 39.8 Å². The van der Waals surface area contributed by atoms with Crippen LogP contribution in [-0.2, 0) is 22.5 Å². The molecule has 7 heteroatoms. The molecule has 0 bridgehead atoms. The number of benzene rings is 1. The Morgan fingerprint density at radius 3 is 2.47 bits per heavy atom. The molecule has 2 aromatic heterocycles. The first kappa shape index (κ1) is 28.8. The van der Waals surface area contributed by atoms with E-state index in [1.54, 1.807) is 6.33 Å². The molecule has 0 atom stereocenters. The lowest BCUT2D eigenvalue weighted by molar-refractivity contribution is -0.107. The Labute approximate surface area is 203 Å². The average molecular weight is 469 g/mol. The Kier molecular flexibility index (Phi) is 12.0. The normalized spacial score (nSPS) is 10.5. The van der Waals surface area contributed by atoms with Crippen LogP contribution in [0.2, 0.25) is 0 Å². The van der Waals surface area contributed by atoms with E-state index in [9.17, 15) is 9.59 Å². The molecule has 0 spiro atoms. The Balaban J connectivity index is 0.00000137. The van der Waals surface area contributed by atoms with Crippen LogP contribution >= 0.6 is 0 Å². The summed E-state index contributed by atoms with van der Waals surface area (Å²) in [5.41, 5.74) is 5.44. The van der Waals surface area contributed by atoms with E-state index in [1.165, 1.54) is 0 Å². The first-order chi connectivity index (χ1) is 16.3. The predicted octanol–water partition coefficient (Wildman–Crippen LogP) is 6.30. The number of nitrogens with zero attached hydrogens (tertiary/aromatic N) is 3. The van der Waals surface area contributed by atoms with Crippen LogP contribution in [0, 0.1) is 6.92 Å². The van der Waals surface area contributed by atoms with Gasteiger partial charge in [-0.3, -0.25) is 0 Å². The second kappa shape index (κ2) is 14.1. The van der Waals surface area contributed by atoms with E-state index in [0.717, 1.165) is 52.6 Å². The van der Waals surface area contributed by atoms with Crippen molar-refractivity contribution in [2.45, 2.75) is 86.8 Å².